The third kappa shape index (κ3) is 0.985. The largest absolute Gasteiger partial charge is 0.491 e. The molecule has 0 saturated heterocycles. The average Bonchev–Trinajstić information content (AvgIpc) is 2.88. The molecular formula is C9H8N4O. The first-order chi connectivity index (χ1) is 6.95. The molecule has 3 rings (SSSR count). The molecule has 0 bridgehead atoms. The number of H-pyrrole nitrogens is 1. The van der Waals surface area contributed by atoms with Crippen molar-refractivity contribution in [3.63, 3.8) is 0 Å². The minimum Gasteiger partial charge on any atom is -0.491 e. The van der Waals surface area contributed by atoms with Crippen molar-refractivity contribution >= 4 is 16.9 Å². The topological polar surface area (TPSA) is 63.7 Å². The lowest BCUT2D eigenvalue weighted by Gasteiger charge is -2.02. The first kappa shape index (κ1) is 7.49. The first-order valence-electron chi connectivity index (χ1n) is 4.42. The van der Waals surface area contributed by atoms with E-state index >= 15 is 0 Å². The highest BCUT2D eigenvalue weighted by Gasteiger charge is 2.14. The fourth-order valence-electron chi connectivity index (χ4n) is 1.53. The number of rotatable bonds is 1. The van der Waals surface area contributed by atoms with Gasteiger partial charge in [-0.05, 0) is 6.08 Å². The predicted molar refractivity (Wildman–Crippen MR) is 50.2 cm³/mol. The van der Waals surface area contributed by atoms with E-state index in [1.807, 2.05) is 6.08 Å². The van der Waals surface area contributed by atoms with E-state index < -0.39 is 0 Å². The number of ether oxygens (including phenoxy) is 1. The molecule has 0 amide bonds. The van der Waals surface area contributed by atoms with Gasteiger partial charge < -0.3 is 9.72 Å². The van der Waals surface area contributed by atoms with Crippen molar-refractivity contribution in [2.75, 3.05) is 6.61 Å². The van der Waals surface area contributed by atoms with Crippen LogP contribution < -0.4 is 0 Å². The van der Waals surface area contributed by atoms with Crippen LogP contribution in [0.3, 0.4) is 0 Å². The van der Waals surface area contributed by atoms with Crippen molar-refractivity contribution in [1.82, 2.24) is 19.9 Å². The van der Waals surface area contributed by atoms with E-state index in [4.69, 9.17) is 4.74 Å². The van der Waals surface area contributed by atoms with Crippen molar-refractivity contribution in [2.24, 2.45) is 0 Å². The van der Waals surface area contributed by atoms with Crippen molar-refractivity contribution in [2.45, 2.75) is 6.42 Å². The van der Waals surface area contributed by atoms with E-state index in [0.29, 0.717) is 5.65 Å². The number of aromatic nitrogens is 4. The van der Waals surface area contributed by atoms with Crippen molar-refractivity contribution < 1.29 is 4.74 Å². The SMILES string of the molecule is C1=C(c2ncnc3nc[nH]c23)OCC1. The molecule has 3 heterocycles. The summed E-state index contributed by atoms with van der Waals surface area (Å²) >= 11 is 0. The lowest BCUT2D eigenvalue weighted by molar-refractivity contribution is 0.306. The number of hydrogen-bond acceptors (Lipinski definition) is 4. The quantitative estimate of drug-likeness (QED) is 0.728. The van der Waals surface area contributed by atoms with Gasteiger partial charge in [0.15, 0.2) is 5.65 Å². The number of imidazole rings is 1. The smallest absolute Gasteiger partial charge is 0.181 e. The monoisotopic (exact) mass is 188 g/mol. The van der Waals surface area contributed by atoms with Crippen LogP contribution in [0.1, 0.15) is 12.1 Å². The predicted octanol–water partition coefficient (Wildman–Crippen LogP) is 1.11. The Morgan fingerprint density at radius 3 is 3.14 bits per heavy atom. The standard InChI is InChI=1S/C9H8N4O/c1-2-6(14-3-1)7-8-9(12-4-10-7)13-5-11-8/h2,4-5H,1,3H2,(H,10,11,12,13). The van der Waals surface area contributed by atoms with E-state index in [1.54, 1.807) is 6.33 Å². The summed E-state index contributed by atoms with van der Waals surface area (Å²) in [6.07, 6.45) is 6.08. The van der Waals surface area contributed by atoms with E-state index in [-0.39, 0.29) is 0 Å². The van der Waals surface area contributed by atoms with Gasteiger partial charge in [0, 0.05) is 6.42 Å². The second-order valence-electron chi connectivity index (χ2n) is 3.03. The van der Waals surface area contributed by atoms with Gasteiger partial charge in [-0.3, -0.25) is 0 Å². The second-order valence-corrected chi connectivity index (χ2v) is 3.03. The Balaban J connectivity index is 2.24. The zero-order valence-corrected chi connectivity index (χ0v) is 7.40. The van der Waals surface area contributed by atoms with Crippen LogP contribution >= 0.6 is 0 Å². The fourth-order valence-corrected chi connectivity index (χ4v) is 1.53. The molecule has 0 radical (unpaired) electrons. The number of hydrogen-bond donors (Lipinski definition) is 1. The van der Waals surface area contributed by atoms with E-state index in [0.717, 1.165) is 30.0 Å². The normalized spacial score (nSPS) is 15.6. The Bertz CT molecular complexity index is 502. The summed E-state index contributed by atoms with van der Waals surface area (Å²) in [4.78, 5) is 15.3. The average molecular weight is 188 g/mol. The molecule has 1 aliphatic rings. The highest BCUT2D eigenvalue weighted by Crippen LogP contribution is 2.23. The summed E-state index contributed by atoms with van der Waals surface area (Å²) in [5.41, 5.74) is 2.30. The Morgan fingerprint density at radius 2 is 2.29 bits per heavy atom. The van der Waals surface area contributed by atoms with Gasteiger partial charge in [0.2, 0.25) is 0 Å². The Hall–Kier alpha value is -1.91. The van der Waals surface area contributed by atoms with Gasteiger partial charge >= 0.3 is 0 Å². The highest BCUT2D eigenvalue weighted by molar-refractivity contribution is 5.82. The van der Waals surface area contributed by atoms with Crippen LogP contribution in [0.15, 0.2) is 18.7 Å². The third-order valence-electron chi connectivity index (χ3n) is 2.16. The van der Waals surface area contributed by atoms with Crippen LogP contribution in [0.4, 0.5) is 0 Å². The van der Waals surface area contributed by atoms with Gasteiger partial charge in [-0.1, -0.05) is 0 Å². The minimum atomic E-state index is 0.673. The van der Waals surface area contributed by atoms with E-state index in [9.17, 15) is 0 Å². The summed E-state index contributed by atoms with van der Waals surface area (Å²) in [5, 5.41) is 0. The van der Waals surface area contributed by atoms with Crippen LogP contribution in [0.5, 0.6) is 0 Å². The molecule has 5 heteroatoms. The van der Waals surface area contributed by atoms with Gasteiger partial charge in [-0.25, -0.2) is 15.0 Å². The molecule has 2 aromatic rings. The van der Waals surface area contributed by atoms with E-state index in [1.165, 1.54) is 6.33 Å². The molecule has 5 nitrogen and oxygen atoms in total. The molecular weight excluding hydrogens is 180 g/mol. The van der Waals surface area contributed by atoms with Crippen LogP contribution in [0.25, 0.3) is 16.9 Å². The zero-order valence-electron chi connectivity index (χ0n) is 7.40. The molecule has 70 valence electrons. The van der Waals surface area contributed by atoms with Gasteiger partial charge in [0.25, 0.3) is 0 Å². The number of aromatic amines is 1. The Kier molecular flexibility index (Phi) is 1.50. The van der Waals surface area contributed by atoms with Crippen LogP contribution in [0.2, 0.25) is 0 Å². The number of fused-ring (bicyclic) bond motifs is 1. The summed E-state index contributed by atoms with van der Waals surface area (Å²) in [6.45, 7) is 0.731. The molecule has 2 aromatic heterocycles. The molecule has 1 aliphatic heterocycles. The van der Waals surface area contributed by atoms with Crippen molar-refractivity contribution in [1.29, 1.82) is 0 Å². The molecule has 0 spiro atoms. The van der Waals surface area contributed by atoms with Crippen LogP contribution in [0, 0.1) is 0 Å². The maximum absolute atomic E-state index is 5.44. The maximum atomic E-state index is 5.44. The summed E-state index contributed by atoms with van der Waals surface area (Å²) < 4.78 is 5.44. The second kappa shape index (κ2) is 2.80. The van der Waals surface area contributed by atoms with Gasteiger partial charge in [0.1, 0.15) is 23.3 Å². The van der Waals surface area contributed by atoms with E-state index in [2.05, 4.69) is 19.9 Å². The molecule has 0 saturated carbocycles. The molecule has 14 heavy (non-hydrogen) atoms. The molecule has 0 fully saturated rings. The first-order valence-corrected chi connectivity index (χ1v) is 4.42. The Labute approximate surface area is 79.9 Å². The molecule has 1 N–H and O–H groups in total. The number of nitrogens with one attached hydrogen (secondary N) is 1. The molecule has 0 aliphatic carbocycles. The number of nitrogens with zero attached hydrogens (tertiary/aromatic N) is 3. The van der Waals surface area contributed by atoms with Crippen LogP contribution in [-0.4, -0.2) is 26.5 Å². The van der Waals surface area contributed by atoms with Gasteiger partial charge in [-0.2, -0.15) is 0 Å². The van der Waals surface area contributed by atoms with Crippen LogP contribution in [-0.2, 0) is 4.74 Å². The Morgan fingerprint density at radius 1 is 1.29 bits per heavy atom. The zero-order chi connectivity index (χ0) is 9.38. The summed E-state index contributed by atoms with van der Waals surface area (Å²) in [7, 11) is 0. The fraction of sp³-hybridized carbons (Fsp3) is 0.222. The van der Waals surface area contributed by atoms with Gasteiger partial charge in [-0.15, -0.1) is 0 Å². The highest BCUT2D eigenvalue weighted by atomic mass is 16.5. The van der Waals surface area contributed by atoms with Crippen molar-refractivity contribution in [3.05, 3.63) is 24.4 Å². The maximum Gasteiger partial charge on any atom is 0.181 e. The summed E-state index contributed by atoms with van der Waals surface area (Å²) in [5.74, 6) is 0.821. The summed E-state index contributed by atoms with van der Waals surface area (Å²) in [6, 6.07) is 0. The molecule has 0 aromatic carbocycles. The van der Waals surface area contributed by atoms with Gasteiger partial charge in [0.05, 0.1) is 12.9 Å². The lowest BCUT2D eigenvalue weighted by Crippen LogP contribution is -1.93. The van der Waals surface area contributed by atoms with Crippen molar-refractivity contribution in [3.8, 4) is 0 Å². The lowest BCUT2D eigenvalue weighted by atomic mass is 10.3. The minimum absolute atomic E-state index is 0.673. The third-order valence-corrected chi connectivity index (χ3v) is 2.16. The molecule has 0 atom stereocenters. The molecule has 0 unspecified atom stereocenters.